The van der Waals surface area contributed by atoms with Gasteiger partial charge < -0.3 is 15.0 Å². The van der Waals surface area contributed by atoms with E-state index < -0.39 is 34.1 Å². The highest BCUT2D eigenvalue weighted by Gasteiger charge is 2.32. The molecule has 11 heteroatoms. The Bertz CT molecular complexity index is 1180. The molecule has 0 bridgehead atoms. The van der Waals surface area contributed by atoms with Crippen LogP contribution in [0, 0.1) is 0 Å². The first-order chi connectivity index (χ1) is 16.1. The number of ether oxygens (including phenoxy) is 1. The fourth-order valence-electron chi connectivity index (χ4n) is 3.32. The quantitative estimate of drug-likeness (QED) is 0.513. The summed E-state index contributed by atoms with van der Waals surface area (Å²) in [4.78, 5) is 27.9. The Kier molecular flexibility index (Phi) is 9.44. The molecule has 0 aliphatic heterocycles. The van der Waals surface area contributed by atoms with Crippen LogP contribution in [0.25, 0.3) is 0 Å². The molecule has 2 aromatic carbocycles. The summed E-state index contributed by atoms with van der Waals surface area (Å²) in [6.07, 6.45) is 1.00. The molecule has 8 nitrogen and oxygen atoms in total. The van der Waals surface area contributed by atoms with Crippen LogP contribution in [0.3, 0.4) is 0 Å². The number of benzene rings is 2. The lowest BCUT2D eigenvalue weighted by Gasteiger charge is -2.33. The summed E-state index contributed by atoms with van der Waals surface area (Å²) in [5.74, 6) is -0.695. The summed E-state index contributed by atoms with van der Waals surface area (Å²) in [5.41, 5.74) is 0.235. The second-order valence-corrected chi connectivity index (χ2v) is 11.9. The van der Waals surface area contributed by atoms with Crippen LogP contribution in [0.15, 0.2) is 42.5 Å². The van der Waals surface area contributed by atoms with E-state index >= 15 is 0 Å². The number of rotatable bonds is 9. The number of nitrogens with zero attached hydrogens (tertiary/aromatic N) is 2. The smallest absolute Gasteiger partial charge is 0.244 e. The second kappa shape index (κ2) is 11.5. The maximum absolute atomic E-state index is 13.6. The summed E-state index contributed by atoms with van der Waals surface area (Å²) in [6, 6.07) is 10.4. The summed E-state index contributed by atoms with van der Waals surface area (Å²) < 4.78 is 31.6. The van der Waals surface area contributed by atoms with Crippen LogP contribution in [0.1, 0.15) is 33.3 Å². The number of para-hydroxylation sites is 2. The highest BCUT2D eigenvalue weighted by molar-refractivity contribution is 7.92. The van der Waals surface area contributed by atoms with Crippen molar-refractivity contribution in [2.24, 2.45) is 0 Å². The van der Waals surface area contributed by atoms with Crippen molar-refractivity contribution in [1.29, 1.82) is 0 Å². The summed E-state index contributed by atoms with van der Waals surface area (Å²) >= 11 is 12.3. The van der Waals surface area contributed by atoms with Gasteiger partial charge in [0, 0.05) is 22.1 Å². The van der Waals surface area contributed by atoms with Crippen LogP contribution in [0.4, 0.5) is 5.69 Å². The molecule has 2 rings (SSSR count). The Morgan fingerprint density at radius 2 is 1.74 bits per heavy atom. The number of amides is 2. The van der Waals surface area contributed by atoms with E-state index in [1.807, 2.05) is 20.8 Å². The maximum atomic E-state index is 13.6. The highest BCUT2D eigenvalue weighted by Crippen LogP contribution is 2.30. The fraction of sp³-hybridized carbons (Fsp3) is 0.417. The molecule has 1 atom stereocenters. The third-order valence-electron chi connectivity index (χ3n) is 5.05. The van der Waals surface area contributed by atoms with Gasteiger partial charge in [0.05, 0.1) is 19.1 Å². The van der Waals surface area contributed by atoms with E-state index in [4.69, 9.17) is 27.9 Å². The number of carbonyl (C=O) groups excluding carboxylic acids is 2. The first-order valence-electron chi connectivity index (χ1n) is 10.8. The predicted molar refractivity (Wildman–Crippen MR) is 140 cm³/mol. The van der Waals surface area contributed by atoms with Crippen molar-refractivity contribution < 1.29 is 22.7 Å². The first kappa shape index (κ1) is 28.7. The van der Waals surface area contributed by atoms with E-state index in [1.165, 1.54) is 12.0 Å². The van der Waals surface area contributed by atoms with E-state index in [-0.39, 0.29) is 23.9 Å². The lowest BCUT2D eigenvalue weighted by Crippen LogP contribution is -2.54. The van der Waals surface area contributed by atoms with Gasteiger partial charge in [-0.05, 0) is 57.5 Å². The predicted octanol–water partition coefficient (Wildman–Crippen LogP) is 4.10. The number of hydrogen-bond acceptors (Lipinski definition) is 5. The van der Waals surface area contributed by atoms with Gasteiger partial charge in [-0.15, -0.1) is 0 Å². The monoisotopic (exact) mass is 543 g/mol. The average Bonchev–Trinajstić information content (AvgIpc) is 2.74. The van der Waals surface area contributed by atoms with Gasteiger partial charge in [-0.3, -0.25) is 13.9 Å². The lowest BCUT2D eigenvalue weighted by molar-refractivity contribution is -0.140. The van der Waals surface area contributed by atoms with Gasteiger partial charge in [-0.2, -0.15) is 0 Å². The average molecular weight is 545 g/mol. The Morgan fingerprint density at radius 1 is 1.11 bits per heavy atom. The Labute approximate surface area is 217 Å². The van der Waals surface area contributed by atoms with Crippen LogP contribution in [0.2, 0.25) is 10.0 Å². The Balaban J connectivity index is 2.48. The molecule has 0 aromatic heterocycles. The van der Waals surface area contributed by atoms with Crippen molar-refractivity contribution in [3.8, 4) is 5.75 Å². The number of nitrogens with one attached hydrogen (secondary N) is 1. The lowest BCUT2D eigenvalue weighted by atomic mass is 10.1. The molecular weight excluding hydrogens is 513 g/mol. The summed E-state index contributed by atoms with van der Waals surface area (Å²) in [6.45, 7) is 6.48. The molecule has 192 valence electrons. The molecule has 2 aromatic rings. The van der Waals surface area contributed by atoms with Gasteiger partial charge in [0.2, 0.25) is 21.8 Å². The van der Waals surface area contributed by atoms with Crippen LogP contribution < -0.4 is 14.4 Å². The first-order valence-corrected chi connectivity index (χ1v) is 13.4. The number of carbonyl (C=O) groups is 2. The molecule has 0 fully saturated rings. The fourth-order valence-corrected chi connectivity index (χ4v) is 4.64. The number of hydrogen-bond donors (Lipinski definition) is 1. The van der Waals surface area contributed by atoms with Gasteiger partial charge in [0.1, 0.15) is 18.3 Å². The molecule has 0 heterocycles. The topological polar surface area (TPSA) is 96.0 Å². The molecule has 35 heavy (non-hydrogen) atoms. The van der Waals surface area contributed by atoms with Crippen LogP contribution in [0.5, 0.6) is 5.75 Å². The molecule has 1 N–H and O–H groups in total. The molecule has 0 saturated heterocycles. The molecule has 0 aliphatic carbocycles. The maximum Gasteiger partial charge on any atom is 0.244 e. The molecule has 1 unspecified atom stereocenters. The zero-order valence-electron chi connectivity index (χ0n) is 20.6. The normalized spacial score (nSPS) is 12.6. The summed E-state index contributed by atoms with van der Waals surface area (Å²) in [7, 11) is -2.47. The number of sulfonamides is 1. The summed E-state index contributed by atoms with van der Waals surface area (Å²) in [5, 5.41) is 3.61. The van der Waals surface area contributed by atoms with Crippen LogP contribution in [-0.4, -0.2) is 56.6 Å². The highest BCUT2D eigenvalue weighted by atomic mass is 35.5. The largest absolute Gasteiger partial charge is 0.495 e. The van der Waals surface area contributed by atoms with Gasteiger partial charge in [0.25, 0.3) is 0 Å². The van der Waals surface area contributed by atoms with Crippen LogP contribution in [-0.2, 0) is 26.2 Å². The standard InChI is InChI=1S/C24H31Cl2N3O5S/c1-16(23(31)27-24(2,3)4)28(14-17-11-12-18(25)13-19(17)26)22(30)15-29(35(6,32)33)20-9-7-8-10-21(20)34-5/h7-13,16H,14-15H2,1-6H3,(H,27,31). The van der Waals surface area contributed by atoms with E-state index in [1.54, 1.807) is 49.4 Å². The van der Waals surface area contributed by atoms with Crippen molar-refractivity contribution in [3.63, 3.8) is 0 Å². The minimum atomic E-state index is -3.88. The van der Waals surface area contributed by atoms with Crippen molar-refractivity contribution in [1.82, 2.24) is 10.2 Å². The zero-order chi connectivity index (χ0) is 26.6. The van der Waals surface area contributed by atoms with Gasteiger partial charge in [0.15, 0.2) is 0 Å². The molecular formula is C24H31Cl2N3O5S. The molecule has 0 spiro atoms. The molecule has 0 saturated carbocycles. The third-order valence-corrected chi connectivity index (χ3v) is 6.77. The van der Waals surface area contributed by atoms with E-state index in [9.17, 15) is 18.0 Å². The number of halogens is 2. The van der Waals surface area contributed by atoms with E-state index in [0.717, 1.165) is 10.6 Å². The number of anilines is 1. The van der Waals surface area contributed by atoms with E-state index in [2.05, 4.69) is 5.32 Å². The van der Waals surface area contributed by atoms with Crippen molar-refractivity contribution in [2.75, 3.05) is 24.2 Å². The van der Waals surface area contributed by atoms with Crippen molar-refractivity contribution >= 4 is 50.7 Å². The van der Waals surface area contributed by atoms with Crippen LogP contribution >= 0.6 is 23.2 Å². The minimum Gasteiger partial charge on any atom is -0.495 e. The van der Waals surface area contributed by atoms with Crippen molar-refractivity contribution in [2.45, 2.75) is 45.8 Å². The molecule has 0 aliphatic rings. The SMILES string of the molecule is COc1ccccc1N(CC(=O)N(Cc1ccc(Cl)cc1Cl)C(C)C(=O)NC(C)(C)C)S(C)(=O)=O. The second-order valence-electron chi connectivity index (χ2n) is 9.11. The van der Waals surface area contributed by atoms with Crippen molar-refractivity contribution in [3.05, 3.63) is 58.1 Å². The van der Waals surface area contributed by atoms with Gasteiger partial charge >= 0.3 is 0 Å². The minimum absolute atomic E-state index is 0.0307. The third kappa shape index (κ3) is 8.02. The van der Waals surface area contributed by atoms with Gasteiger partial charge in [-0.25, -0.2) is 8.42 Å². The Hall–Kier alpha value is -2.49. The number of methoxy groups -OCH3 is 1. The van der Waals surface area contributed by atoms with E-state index in [0.29, 0.717) is 15.6 Å². The molecule has 0 radical (unpaired) electrons. The Morgan fingerprint density at radius 3 is 2.29 bits per heavy atom. The molecule has 2 amide bonds. The zero-order valence-corrected chi connectivity index (χ0v) is 23.0. The van der Waals surface area contributed by atoms with Gasteiger partial charge in [-0.1, -0.05) is 41.4 Å².